The second-order valence-corrected chi connectivity index (χ2v) is 4.06. The molecule has 0 spiro atoms. The highest BCUT2D eigenvalue weighted by Gasteiger charge is 2.17. The molecule has 1 unspecified atom stereocenters. The maximum absolute atomic E-state index is 11.4. The minimum Gasteiger partial charge on any atom is -0.347 e. The Morgan fingerprint density at radius 2 is 2.20 bits per heavy atom. The van der Waals surface area contributed by atoms with Crippen LogP contribution in [0.1, 0.15) is 19.3 Å². The second kappa shape index (κ2) is 5.70. The van der Waals surface area contributed by atoms with E-state index in [2.05, 4.69) is 10.6 Å². The molecule has 86 valence electrons. The number of hydrogen-bond donors (Lipinski definition) is 2. The quantitative estimate of drug-likeness (QED) is 0.651. The Balaban J connectivity index is 2.15. The van der Waals surface area contributed by atoms with Gasteiger partial charge in [0.15, 0.2) is 0 Å². The third-order valence-corrected chi connectivity index (χ3v) is 2.53. The van der Waals surface area contributed by atoms with E-state index in [-0.39, 0.29) is 18.4 Å². The number of carbonyl (C=O) groups is 2. The summed E-state index contributed by atoms with van der Waals surface area (Å²) in [5.41, 5.74) is 0. The number of rotatable bonds is 4. The summed E-state index contributed by atoms with van der Waals surface area (Å²) in [5, 5.41) is 5.86. The van der Waals surface area contributed by atoms with Crippen molar-refractivity contribution in [1.82, 2.24) is 15.5 Å². The predicted octanol–water partition coefficient (Wildman–Crippen LogP) is -0.667. The van der Waals surface area contributed by atoms with Crippen LogP contribution in [0.3, 0.4) is 0 Å². The number of nitrogens with one attached hydrogen (secondary N) is 2. The highest BCUT2D eigenvalue weighted by Crippen LogP contribution is 2.07. The van der Waals surface area contributed by atoms with Crippen molar-refractivity contribution in [2.24, 2.45) is 0 Å². The molecule has 0 bridgehead atoms. The van der Waals surface area contributed by atoms with E-state index >= 15 is 0 Å². The Kier molecular flexibility index (Phi) is 4.55. The van der Waals surface area contributed by atoms with Crippen molar-refractivity contribution in [3.8, 4) is 0 Å². The average molecular weight is 213 g/mol. The van der Waals surface area contributed by atoms with Gasteiger partial charge < -0.3 is 15.5 Å². The number of nitrogens with zero attached hydrogens (tertiary/aromatic N) is 1. The smallest absolute Gasteiger partial charge is 0.241 e. The SMILES string of the molecule is CN(C)C(=O)CNC(=O)CC1CCCN1. The maximum atomic E-state index is 11.4. The highest BCUT2D eigenvalue weighted by molar-refractivity contribution is 5.84. The van der Waals surface area contributed by atoms with Gasteiger partial charge in [-0.05, 0) is 19.4 Å². The number of likely N-dealkylation sites (N-methyl/N-ethyl adjacent to an activating group) is 1. The van der Waals surface area contributed by atoms with Crippen LogP contribution in [0, 0.1) is 0 Å². The molecule has 5 nitrogen and oxygen atoms in total. The van der Waals surface area contributed by atoms with E-state index in [4.69, 9.17) is 0 Å². The topological polar surface area (TPSA) is 61.4 Å². The van der Waals surface area contributed by atoms with Crippen molar-refractivity contribution < 1.29 is 9.59 Å². The lowest BCUT2D eigenvalue weighted by molar-refractivity contribution is -0.131. The molecule has 1 aliphatic rings. The molecular formula is C10H19N3O2. The monoisotopic (exact) mass is 213 g/mol. The molecule has 1 fully saturated rings. The molecular weight excluding hydrogens is 194 g/mol. The Morgan fingerprint density at radius 1 is 1.47 bits per heavy atom. The first kappa shape index (κ1) is 12.0. The van der Waals surface area contributed by atoms with Gasteiger partial charge in [0.2, 0.25) is 11.8 Å². The van der Waals surface area contributed by atoms with Gasteiger partial charge in [0.1, 0.15) is 0 Å². The van der Waals surface area contributed by atoms with Gasteiger partial charge in [-0.25, -0.2) is 0 Å². The van der Waals surface area contributed by atoms with Crippen LogP contribution in [0.5, 0.6) is 0 Å². The van der Waals surface area contributed by atoms with Gasteiger partial charge in [-0.1, -0.05) is 0 Å². The molecule has 0 saturated carbocycles. The lowest BCUT2D eigenvalue weighted by Crippen LogP contribution is -2.38. The molecule has 1 heterocycles. The van der Waals surface area contributed by atoms with Crippen LogP contribution in [0.25, 0.3) is 0 Å². The first-order valence-electron chi connectivity index (χ1n) is 5.30. The van der Waals surface area contributed by atoms with Gasteiger partial charge in [-0.3, -0.25) is 9.59 Å². The van der Waals surface area contributed by atoms with Crippen molar-refractivity contribution in [2.75, 3.05) is 27.2 Å². The minimum atomic E-state index is -0.0808. The van der Waals surface area contributed by atoms with Crippen molar-refractivity contribution in [3.63, 3.8) is 0 Å². The highest BCUT2D eigenvalue weighted by atomic mass is 16.2. The molecule has 15 heavy (non-hydrogen) atoms. The maximum Gasteiger partial charge on any atom is 0.241 e. The van der Waals surface area contributed by atoms with Crippen LogP contribution in [0.15, 0.2) is 0 Å². The summed E-state index contributed by atoms with van der Waals surface area (Å²) < 4.78 is 0. The summed E-state index contributed by atoms with van der Waals surface area (Å²) in [7, 11) is 3.35. The minimum absolute atomic E-state index is 0.0513. The van der Waals surface area contributed by atoms with Crippen LogP contribution < -0.4 is 10.6 Å². The van der Waals surface area contributed by atoms with Crippen LogP contribution in [-0.2, 0) is 9.59 Å². The van der Waals surface area contributed by atoms with E-state index in [0.29, 0.717) is 12.5 Å². The van der Waals surface area contributed by atoms with Gasteiger partial charge in [0.05, 0.1) is 6.54 Å². The van der Waals surface area contributed by atoms with E-state index in [1.165, 1.54) is 4.90 Å². The predicted molar refractivity (Wildman–Crippen MR) is 57.3 cm³/mol. The van der Waals surface area contributed by atoms with Gasteiger partial charge in [-0.2, -0.15) is 0 Å². The summed E-state index contributed by atoms with van der Waals surface area (Å²) in [6.45, 7) is 1.09. The largest absolute Gasteiger partial charge is 0.347 e. The second-order valence-electron chi connectivity index (χ2n) is 4.06. The third-order valence-electron chi connectivity index (χ3n) is 2.53. The van der Waals surface area contributed by atoms with Gasteiger partial charge in [0.25, 0.3) is 0 Å². The van der Waals surface area contributed by atoms with Crippen LogP contribution in [0.4, 0.5) is 0 Å². The zero-order valence-electron chi connectivity index (χ0n) is 9.38. The number of carbonyl (C=O) groups excluding carboxylic acids is 2. The van der Waals surface area contributed by atoms with Gasteiger partial charge in [0, 0.05) is 26.6 Å². The van der Waals surface area contributed by atoms with Gasteiger partial charge in [-0.15, -0.1) is 0 Å². The van der Waals surface area contributed by atoms with Crippen molar-refractivity contribution in [1.29, 1.82) is 0 Å². The van der Waals surface area contributed by atoms with Crippen LogP contribution in [-0.4, -0.2) is 49.9 Å². The summed E-state index contributed by atoms with van der Waals surface area (Å²) in [6.07, 6.45) is 2.66. The van der Waals surface area contributed by atoms with Gasteiger partial charge >= 0.3 is 0 Å². The summed E-state index contributed by atoms with van der Waals surface area (Å²) in [5.74, 6) is -0.132. The molecule has 2 amide bonds. The van der Waals surface area contributed by atoms with Crippen LogP contribution >= 0.6 is 0 Å². The third kappa shape index (κ3) is 4.29. The standard InChI is InChI=1S/C10H19N3O2/c1-13(2)10(15)7-12-9(14)6-8-4-3-5-11-8/h8,11H,3-7H2,1-2H3,(H,12,14). The zero-order valence-corrected chi connectivity index (χ0v) is 9.38. The fourth-order valence-electron chi connectivity index (χ4n) is 1.56. The average Bonchev–Trinajstić information content (AvgIpc) is 2.66. The fourth-order valence-corrected chi connectivity index (χ4v) is 1.56. The molecule has 5 heteroatoms. The molecule has 1 aliphatic heterocycles. The molecule has 0 radical (unpaired) electrons. The van der Waals surface area contributed by atoms with Crippen LogP contribution in [0.2, 0.25) is 0 Å². The van der Waals surface area contributed by atoms with E-state index in [1.807, 2.05) is 0 Å². The number of hydrogen-bond acceptors (Lipinski definition) is 3. The van der Waals surface area contributed by atoms with E-state index < -0.39 is 0 Å². The van der Waals surface area contributed by atoms with Crippen molar-refractivity contribution in [2.45, 2.75) is 25.3 Å². The molecule has 0 aromatic carbocycles. The molecule has 0 aromatic rings. The molecule has 1 saturated heterocycles. The first-order valence-corrected chi connectivity index (χ1v) is 5.30. The number of amides is 2. The fraction of sp³-hybridized carbons (Fsp3) is 0.800. The molecule has 2 N–H and O–H groups in total. The summed E-state index contributed by atoms with van der Waals surface area (Å²) >= 11 is 0. The summed E-state index contributed by atoms with van der Waals surface area (Å²) in [6, 6.07) is 0.291. The van der Waals surface area contributed by atoms with E-state index in [0.717, 1.165) is 19.4 Å². The molecule has 1 rings (SSSR count). The summed E-state index contributed by atoms with van der Waals surface area (Å²) in [4.78, 5) is 24.1. The van der Waals surface area contributed by atoms with E-state index in [1.54, 1.807) is 14.1 Å². The van der Waals surface area contributed by atoms with E-state index in [9.17, 15) is 9.59 Å². The lowest BCUT2D eigenvalue weighted by atomic mass is 10.1. The Hall–Kier alpha value is -1.10. The lowest BCUT2D eigenvalue weighted by Gasteiger charge is -2.12. The zero-order chi connectivity index (χ0) is 11.3. The molecule has 1 atom stereocenters. The Morgan fingerprint density at radius 3 is 2.73 bits per heavy atom. The van der Waals surface area contributed by atoms with Crippen molar-refractivity contribution in [3.05, 3.63) is 0 Å². The first-order chi connectivity index (χ1) is 7.09. The Labute approximate surface area is 90.2 Å². The molecule has 0 aromatic heterocycles. The normalized spacial score (nSPS) is 20.0. The van der Waals surface area contributed by atoms with Crippen molar-refractivity contribution >= 4 is 11.8 Å². The Bertz CT molecular complexity index is 235. The molecule has 0 aliphatic carbocycles.